The molecule has 5 rings (SSSR count). The van der Waals surface area contributed by atoms with Gasteiger partial charge in [-0.25, -0.2) is 0 Å². The van der Waals surface area contributed by atoms with Crippen LogP contribution in [0.2, 0.25) is 0 Å². The minimum absolute atomic E-state index is 0. The quantitative estimate of drug-likeness (QED) is 0.379. The Morgan fingerprint density at radius 3 is 2.28 bits per heavy atom. The van der Waals surface area contributed by atoms with Gasteiger partial charge in [-0.05, 0) is 33.9 Å². The van der Waals surface area contributed by atoms with E-state index in [4.69, 9.17) is 0 Å². The van der Waals surface area contributed by atoms with Crippen molar-refractivity contribution >= 4 is 33.2 Å². The van der Waals surface area contributed by atoms with E-state index in [1.165, 1.54) is 43.8 Å². The van der Waals surface area contributed by atoms with Gasteiger partial charge in [-0.3, -0.25) is 0 Å². The smallest absolute Gasteiger partial charge is 1.00 e. The van der Waals surface area contributed by atoms with Crippen molar-refractivity contribution in [3.8, 4) is 0 Å². The SMILES string of the molecule is C1=C(Cc2cc3ccccc3[cH-]2)c2cccc3cccc1c23.[Cl-].[Cl-].[Zr+3]. The normalized spacial score (nSPS) is 11.4. The van der Waals surface area contributed by atoms with Crippen molar-refractivity contribution in [2.24, 2.45) is 0 Å². The molecule has 0 nitrogen and oxygen atoms in total. The first-order valence-corrected chi connectivity index (χ1v) is 7.75. The number of hydrogen-bond donors (Lipinski definition) is 0. The van der Waals surface area contributed by atoms with Crippen LogP contribution < -0.4 is 24.8 Å². The van der Waals surface area contributed by atoms with E-state index >= 15 is 0 Å². The molecule has 0 aromatic heterocycles. The molecule has 4 aromatic rings. The van der Waals surface area contributed by atoms with E-state index in [1.54, 1.807) is 0 Å². The van der Waals surface area contributed by atoms with Crippen LogP contribution in [-0.4, -0.2) is 0 Å². The standard InChI is InChI=1S/C22H15.2ClH.Zr/c1-2-6-18-12-15(11-17(18)5-1)13-20-14-19-9-3-7-16-8-4-10-21(20)22(16)19;;;/h1-12,14H,13H2;2*1H;/q-1;;;+3/p-2. The fraction of sp³-hybridized carbons (Fsp3) is 0.0455. The zero-order chi connectivity index (χ0) is 14.5. The second kappa shape index (κ2) is 7.96. The molecule has 0 amide bonds. The molecule has 4 aromatic carbocycles. The van der Waals surface area contributed by atoms with Gasteiger partial charge in [-0.1, -0.05) is 48.5 Å². The van der Waals surface area contributed by atoms with Crippen LogP contribution in [0.1, 0.15) is 16.7 Å². The number of hydrogen-bond acceptors (Lipinski definition) is 0. The average molecular weight is 441 g/mol. The Morgan fingerprint density at radius 1 is 0.760 bits per heavy atom. The molecule has 1 aliphatic carbocycles. The molecule has 0 atom stereocenters. The molecule has 0 bridgehead atoms. The van der Waals surface area contributed by atoms with Crippen LogP contribution in [0.5, 0.6) is 0 Å². The van der Waals surface area contributed by atoms with Gasteiger partial charge < -0.3 is 24.8 Å². The molecule has 0 spiro atoms. The van der Waals surface area contributed by atoms with Crippen LogP contribution in [0, 0.1) is 0 Å². The van der Waals surface area contributed by atoms with E-state index < -0.39 is 0 Å². The number of halogens is 2. The van der Waals surface area contributed by atoms with Crippen molar-refractivity contribution in [1.82, 2.24) is 0 Å². The zero-order valence-corrected chi connectivity index (χ0v) is 17.4. The predicted molar refractivity (Wildman–Crippen MR) is 95.1 cm³/mol. The molecule has 1 aliphatic rings. The summed E-state index contributed by atoms with van der Waals surface area (Å²) in [5.41, 5.74) is 5.59. The second-order valence-corrected chi connectivity index (χ2v) is 6.09. The van der Waals surface area contributed by atoms with Gasteiger partial charge in [0.05, 0.1) is 0 Å². The molecule has 1 radical (unpaired) electrons. The maximum absolute atomic E-state index is 2.36. The first-order chi connectivity index (χ1) is 10.9. The van der Waals surface area contributed by atoms with Crippen LogP contribution in [0.25, 0.3) is 33.2 Å². The van der Waals surface area contributed by atoms with Crippen LogP contribution in [0.4, 0.5) is 0 Å². The van der Waals surface area contributed by atoms with Gasteiger partial charge in [0.25, 0.3) is 0 Å². The second-order valence-electron chi connectivity index (χ2n) is 6.09. The predicted octanol–water partition coefficient (Wildman–Crippen LogP) is -0.186. The molecular formula is C22H15Cl2Zr. The summed E-state index contributed by atoms with van der Waals surface area (Å²) < 4.78 is 0. The van der Waals surface area contributed by atoms with Crippen molar-refractivity contribution in [2.75, 3.05) is 0 Å². The van der Waals surface area contributed by atoms with Crippen molar-refractivity contribution in [3.63, 3.8) is 0 Å². The molecule has 0 heterocycles. The van der Waals surface area contributed by atoms with Gasteiger partial charge in [-0.15, -0.1) is 40.6 Å². The molecule has 25 heavy (non-hydrogen) atoms. The number of fused-ring (bicyclic) bond motifs is 1. The van der Waals surface area contributed by atoms with E-state index in [0.717, 1.165) is 6.42 Å². The van der Waals surface area contributed by atoms with Gasteiger partial charge in [0.2, 0.25) is 0 Å². The monoisotopic (exact) mass is 439 g/mol. The Hall–Kier alpha value is -1.27. The topological polar surface area (TPSA) is 0 Å². The van der Waals surface area contributed by atoms with Gasteiger partial charge >= 0.3 is 26.2 Å². The molecular weight excluding hydrogens is 426 g/mol. The van der Waals surface area contributed by atoms with Crippen molar-refractivity contribution in [2.45, 2.75) is 6.42 Å². The van der Waals surface area contributed by atoms with E-state index in [-0.39, 0.29) is 51.0 Å². The molecule has 121 valence electrons. The van der Waals surface area contributed by atoms with E-state index in [9.17, 15) is 0 Å². The molecule has 0 unspecified atom stereocenters. The van der Waals surface area contributed by atoms with Crippen LogP contribution >= 0.6 is 0 Å². The molecule has 0 N–H and O–H groups in total. The molecule has 0 fully saturated rings. The summed E-state index contributed by atoms with van der Waals surface area (Å²) in [5, 5.41) is 5.43. The Bertz CT molecular complexity index is 1020. The van der Waals surface area contributed by atoms with Gasteiger partial charge in [0.15, 0.2) is 0 Å². The first kappa shape index (κ1) is 20.1. The number of benzene rings is 3. The van der Waals surface area contributed by atoms with Crippen molar-refractivity contribution in [1.29, 1.82) is 0 Å². The van der Waals surface area contributed by atoms with Gasteiger partial charge in [0, 0.05) is 0 Å². The van der Waals surface area contributed by atoms with Crippen LogP contribution in [0.15, 0.2) is 72.8 Å². The summed E-state index contributed by atoms with van der Waals surface area (Å²) in [4.78, 5) is 0. The largest absolute Gasteiger partial charge is 3.00 e. The minimum atomic E-state index is 0. The minimum Gasteiger partial charge on any atom is -1.00 e. The fourth-order valence-corrected chi connectivity index (χ4v) is 3.71. The molecule has 0 saturated heterocycles. The first-order valence-electron chi connectivity index (χ1n) is 7.75. The van der Waals surface area contributed by atoms with Crippen molar-refractivity contribution in [3.05, 3.63) is 89.5 Å². The maximum atomic E-state index is 2.36. The van der Waals surface area contributed by atoms with Crippen LogP contribution in [-0.2, 0) is 32.6 Å². The summed E-state index contributed by atoms with van der Waals surface area (Å²) in [5.74, 6) is 0. The molecule has 0 aliphatic heterocycles. The Balaban J connectivity index is 0.000000751. The van der Waals surface area contributed by atoms with Crippen LogP contribution in [0.3, 0.4) is 0 Å². The third kappa shape index (κ3) is 3.38. The Labute approximate surface area is 179 Å². The Morgan fingerprint density at radius 2 is 1.48 bits per heavy atom. The molecule has 0 saturated carbocycles. The number of rotatable bonds is 2. The van der Waals surface area contributed by atoms with E-state index in [2.05, 4.69) is 78.9 Å². The fourth-order valence-electron chi connectivity index (χ4n) is 3.71. The molecule has 3 heteroatoms. The average Bonchev–Trinajstić information content (AvgIpc) is 3.11. The maximum Gasteiger partial charge on any atom is 3.00 e. The summed E-state index contributed by atoms with van der Waals surface area (Å²) in [7, 11) is 0. The third-order valence-electron chi connectivity index (χ3n) is 4.68. The summed E-state index contributed by atoms with van der Waals surface area (Å²) in [6.07, 6.45) is 3.36. The zero-order valence-electron chi connectivity index (χ0n) is 13.5. The summed E-state index contributed by atoms with van der Waals surface area (Å²) in [6, 6.07) is 26.4. The third-order valence-corrected chi connectivity index (χ3v) is 4.68. The van der Waals surface area contributed by atoms with E-state index in [1.807, 2.05) is 0 Å². The van der Waals surface area contributed by atoms with Gasteiger partial charge in [0.1, 0.15) is 0 Å². The number of allylic oxidation sites excluding steroid dienone is 1. The van der Waals surface area contributed by atoms with Gasteiger partial charge in [-0.2, -0.15) is 6.07 Å². The van der Waals surface area contributed by atoms with Crippen molar-refractivity contribution < 1.29 is 51.0 Å². The summed E-state index contributed by atoms with van der Waals surface area (Å²) in [6.45, 7) is 0. The van der Waals surface area contributed by atoms with E-state index in [0.29, 0.717) is 0 Å². The Kier molecular flexibility index (Phi) is 6.38. The summed E-state index contributed by atoms with van der Waals surface area (Å²) >= 11 is 0.